The van der Waals surface area contributed by atoms with Crippen molar-refractivity contribution >= 4 is 11.9 Å². The fraction of sp³-hybridized carbons (Fsp3) is 0.882. The van der Waals surface area contributed by atoms with Gasteiger partial charge in [-0.15, -0.1) is 0 Å². The molecule has 0 heterocycles. The van der Waals surface area contributed by atoms with Crippen LogP contribution in [0, 0.1) is 17.3 Å². The van der Waals surface area contributed by atoms with Crippen LogP contribution in [0.15, 0.2) is 0 Å². The van der Waals surface area contributed by atoms with Crippen LogP contribution >= 0.6 is 0 Å². The summed E-state index contributed by atoms with van der Waals surface area (Å²) in [6.07, 6.45) is 9.52. The minimum Gasteiger partial charge on any atom is -0.481 e. The number of carboxylic acid groups (broad SMARTS) is 1. The molecule has 118 valence electrons. The first-order valence-corrected chi connectivity index (χ1v) is 8.60. The fourth-order valence-electron chi connectivity index (χ4n) is 3.60. The van der Waals surface area contributed by atoms with Crippen molar-refractivity contribution in [2.45, 2.75) is 64.2 Å². The van der Waals surface area contributed by atoms with Crippen LogP contribution in [0.25, 0.3) is 0 Å². The molecule has 0 spiro atoms. The van der Waals surface area contributed by atoms with Crippen LogP contribution in [0.2, 0.25) is 0 Å². The van der Waals surface area contributed by atoms with Gasteiger partial charge in [0.2, 0.25) is 5.91 Å². The smallest absolute Gasteiger partial charge is 0.310 e. The molecule has 0 bridgehead atoms. The zero-order chi connectivity index (χ0) is 14.9. The van der Waals surface area contributed by atoms with Crippen molar-refractivity contribution in [3.63, 3.8) is 0 Å². The third-order valence-corrected chi connectivity index (χ3v) is 5.46. The summed E-state index contributed by atoms with van der Waals surface area (Å²) in [6.45, 7) is 1.73. The highest BCUT2D eigenvalue weighted by Gasteiger charge is 2.43. The maximum absolute atomic E-state index is 12.7. The summed E-state index contributed by atoms with van der Waals surface area (Å²) in [7, 11) is 0. The van der Waals surface area contributed by atoms with Crippen LogP contribution in [0.5, 0.6) is 0 Å². The Balaban J connectivity index is 1.63. The number of amides is 1. The van der Waals surface area contributed by atoms with E-state index in [0.717, 1.165) is 32.4 Å². The van der Waals surface area contributed by atoms with Crippen LogP contribution in [-0.4, -0.2) is 35.0 Å². The van der Waals surface area contributed by atoms with E-state index in [9.17, 15) is 14.7 Å². The number of aliphatic carboxylic acids is 1. The van der Waals surface area contributed by atoms with Crippen molar-refractivity contribution in [2.75, 3.05) is 13.1 Å². The molecule has 0 radical (unpaired) electrons. The Morgan fingerprint density at radius 1 is 0.952 bits per heavy atom. The van der Waals surface area contributed by atoms with Gasteiger partial charge in [-0.05, 0) is 50.4 Å². The lowest BCUT2D eigenvalue weighted by atomic mass is 9.71. The predicted molar refractivity (Wildman–Crippen MR) is 79.8 cm³/mol. The molecule has 0 unspecified atom stereocenters. The minimum atomic E-state index is -0.777. The summed E-state index contributed by atoms with van der Waals surface area (Å²) in [5.74, 6) is 0.700. The van der Waals surface area contributed by atoms with E-state index < -0.39 is 11.4 Å². The molecule has 21 heavy (non-hydrogen) atoms. The average molecular weight is 293 g/mol. The summed E-state index contributed by atoms with van der Waals surface area (Å²) in [4.78, 5) is 26.4. The van der Waals surface area contributed by atoms with Gasteiger partial charge in [-0.2, -0.15) is 0 Å². The third-order valence-electron chi connectivity index (χ3n) is 5.46. The van der Waals surface area contributed by atoms with Gasteiger partial charge in [0.1, 0.15) is 0 Å². The van der Waals surface area contributed by atoms with Crippen molar-refractivity contribution in [1.82, 2.24) is 4.90 Å². The van der Waals surface area contributed by atoms with Gasteiger partial charge in [0.05, 0.1) is 5.41 Å². The van der Waals surface area contributed by atoms with Gasteiger partial charge in [0.15, 0.2) is 0 Å². The fourth-order valence-corrected chi connectivity index (χ4v) is 3.60. The molecule has 4 heteroatoms. The molecule has 0 aromatic rings. The molecule has 0 atom stereocenters. The SMILES string of the molecule is O=C(CC1(C(=O)O)CCCCC1)N(CC1CC1)CC1CC1. The van der Waals surface area contributed by atoms with E-state index in [2.05, 4.69) is 0 Å². The Morgan fingerprint density at radius 2 is 1.48 bits per heavy atom. The number of hydrogen-bond acceptors (Lipinski definition) is 2. The molecule has 0 saturated heterocycles. The van der Waals surface area contributed by atoms with Crippen molar-refractivity contribution in [3.05, 3.63) is 0 Å². The number of carboxylic acids is 1. The highest BCUT2D eigenvalue weighted by atomic mass is 16.4. The number of carbonyl (C=O) groups excluding carboxylic acids is 1. The van der Waals surface area contributed by atoms with Gasteiger partial charge in [-0.25, -0.2) is 0 Å². The third kappa shape index (κ3) is 3.78. The molecule has 3 aliphatic carbocycles. The first-order chi connectivity index (χ1) is 10.1. The first kappa shape index (κ1) is 14.9. The molecule has 3 rings (SSSR count). The van der Waals surface area contributed by atoms with E-state index in [1.165, 1.54) is 25.7 Å². The Morgan fingerprint density at radius 3 is 1.90 bits per heavy atom. The van der Waals surface area contributed by atoms with Gasteiger partial charge in [-0.1, -0.05) is 19.3 Å². The van der Waals surface area contributed by atoms with Gasteiger partial charge < -0.3 is 10.0 Å². The van der Waals surface area contributed by atoms with E-state index >= 15 is 0 Å². The van der Waals surface area contributed by atoms with Gasteiger partial charge in [0.25, 0.3) is 0 Å². The Hall–Kier alpha value is -1.06. The van der Waals surface area contributed by atoms with E-state index in [-0.39, 0.29) is 12.3 Å². The second-order valence-corrected chi connectivity index (χ2v) is 7.51. The normalized spacial score (nSPS) is 24.6. The molecule has 1 amide bonds. The zero-order valence-corrected chi connectivity index (χ0v) is 12.9. The van der Waals surface area contributed by atoms with Crippen LogP contribution in [-0.2, 0) is 9.59 Å². The maximum Gasteiger partial charge on any atom is 0.310 e. The lowest BCUT2D eigenvalue weighted by Crippen LogP contribution is -2.42. The van der Waals surface area contributed by atoms with E-state index in [0.29, 0.717) is 24.7 Å². The van der Waals surface area contributed by atoms with Gasteiger partial charge in [-0.3, -0.25) is 9.59 Å². The quantitative estimate of drug-likeness (QED) is 0.785. The van der Waals surface area contributed by atoms with Gasteiger partial charge in [0, 0.05) is 19.5 Å². The Kier molecular flexibility index (Phi) is 4.23. The number of hydrogen-bond donors (Lipinski definition) is 1. The average Bonchev–Trinajstić information content (AvgIpc) is 3.34. The second-order valence-electron chi connectivity index (χ2n) is 7.51. The highest BCUT2D eigenvalue weighted by Crippen LogP contribution is 2.41. The molecular weight excluding hydrogens is 266 g/mol. The molecule has 0 aromatic carbocycles. The lowest BCUT2D eigenvalue weighted by Gasteiger charge is -2.34. The maximum atomic E-state index is 12.7. The standard InChI is InChI=1S/C17H27NO3/c19-15(10-17(16(20)21)8-2-1-3-9-17)18(11-13-4-5-13)12-14-6-7-14/h13-14H,1-12H2,(H,20,21). The van der Waals surface area contributed by atoms with E-state index in [1.807, 2.05) is 4.90 Å². The molecule has 1 N–H and O–H groups in total. The molecular formula is C17H27NO3. The summed E-state index contributed by atoms with van der Waals surface area (Å²) in [5.41, 5.74) is -0.777. The van der Waals surface area contributed by atoms with Crippen LogP contribution in [0.4, 0.5) is 0 Å². The molecule has 4 nitrogen and oxygen atoms in total. The summed E-state index contributed by atoms with van der Waals surface area (Å²) >= 11 is 0. The zero-order valence-electron chi connectivity index (χ0n) is 12.9. The van der Waals surface area contributed by atoms with Crippen LogP contribution in [0.3, 0.4) is 0 Å². The minimum absolute atomic E-state index is 0.0955. The second kappa shape index (κ2) is 5.98. The Bertz CT molecular complexity index is 392. The first-order valence-electron chi connectivity index (χ1n) is 8.60. The van der Waals surface area contributed by atoms with Crippen LogP contribution in [0.1, 0.15) is 64.2 Å². The molecule has 3 fully saturated rings. The lowest BCUT2D eigenvalue weighted by molar-refractivity contribution is -0.156. The summed E-state index contributed by atoms with van der Waals surface area (Å²) in [6, 6.07) is 0. The number of rotatable bonds is 7. The number of nitrogens with zero attached hydrogens (tertiary/aromatic N) is 1. The van der Waals surface area contributed by atoms with Crippen LogP contribution < -0.4 is 0 Å². The summed E-state index contributed by atoms with van der Waals surface area (Å²) in [5, 5.41) is 9.64. The largest absolute Gasteiger partial charge is 0.481 e. The Labute approximate surface area is 126 Å². The molecule has 3 aliphatic rings. The number of carbonyl (C=O) groups is 2. The van der Waals surface area contributed by atoms with Crippen molar-refractivity contribution in [3.8, 4) is 0 Å². The highest BCUT2D eigenvalue weighted by molar-refractivity contribution is 5.85. The monoisotopic (exact) mass is 293 g/mol. The molecule has 0 aliphatic heterocycles. The summed E-state index contributed by atoms with van der Waals surface area (Å²) < 4.78 is 0. The predicted octanol–water partition coefficient (Wildman–Crippen LogP) is 3.06. The van der Waals surface area contributed by atoms with Crippen molar-refractivity contribution in [1.29, 1.82) is 0 Å². The van der Waals surface area contributed by atoms with Crippen molar-refractivity contribution < 1.29 is 14.7 Å². The van der Waals surface area contributed by atoms with Crippen molar-refractivity contribution in [2.24, 2.45) is 17.3 Å². The van der Waals surface area contributed by atoms with E-state index in [1.54, 1.807) is 0 Å². The molecule has 3 saturated carbocycles. The van der Waals surface area contributed by atoms with E-state index in [4.69, 9.17) is 0 Å². The topological polar surface area (TPSA) is 57.6 Å². The molecule has 0 aromatic heterocycles. The van der Waals surface area contributed by atoms with Gasteiger partial charge >= 0.3 is 5.97 Å².